The highest BCUT2D eigenvalue weighted by atomic mass is 35.5. The minimum atomic E-state index is 0. The summed E-state index contributed by atoms with van der Waals surface area (Å²) in [6.07, 6.45) is 4.71. The molecular weight excluding hydrogens is 336 g/mol. The van der Waals surface area contributed by atoms with E-state index in [1.54, 1.807) is 0 Å². The van der Waals surface area contributed by atoms with Crippen molar-refractivity contribution in [3.05, 3.63) is 47.3 Å². The van der Waals surface area contributed by atoms with Gasteiger partial charge in [0.05, 0.1) is 11.4 Å². The molecule has 0 aliphatic rings. The van der Waals surface area contributed by atoms with Crippen LogP contribution in [0.5, 0.6) is 0 Å². The van der Waals surface area contributed by atoms with Gasteiger partial charge in [0.15, 0.2) is 0 Å². The molecule has 0 unspecified atom stereocenters. The Morgan fingerprint density at radius 2 is 1.80 bits per heavy atom. The van der Waals surface area contributed by atoms with E-state index in [1.165, 1.54) is 0 Å². The first kappa shape index (κ1) is 21.2. The third-order valence-electron chi connectivity index (χ3n) is 4.26. The Morgan fingerprint density at radius 1 is 1.12 bits per heavy atom. The number of hydrogen-bond acceptors (Lipinski definition) is 3. The van der Waals surface area contributed by atoms with Gasteiger partial charge >= 0.3 is 0 Å². The maximum atomic E-state index is 12.0. The van der Waals surface area contributed by atoms with Gasteiger partial charge < -0.3 is 11.1 Å². The Morgan fingerprint density at radius 3 is 2.48 bits per heavy atom. The molecule has 0 spiro atoms. The number of nitrogens with two attached hydrogens (primary N) is 1. The van der Waals surface area contributed by atoms with Crippen molar-refractivity contribution in [2.45, 2.75) is 52.5 Å². The van der Waals surface area contributed by atoms with Crippen LogP contribution in [0.3, 0.4) is 0 Å². The maximum Gasteiger partial charge on any atom is 0.220 e. The van der Waals surface area contributed by atoms with Gasteiger partial charge in [0.2, 0.25) is 5.91 Å². The number of halogens is 1. The molecule has 0 bridgehead atoms. The number of amides is 1. The van der Waals surface area contributed by atoms with Gasteiger partial charge in [-0.1, -0.05) is 31.0 Å². The summed E-state index contributed by atoms with van der Waals surface area (Å²) in [6.45, 7) is 5.30. The van der Waals surface area contributed by atoms with E-state index in [0.29, 0.717) is 13.0 Å². The van der Waals surface area contributed by atoms with Gasteiger partial charge in [0, 0.05) is 24.2 Å². The Labute approximate surface area is 156 Å². The number of aryl methyl sites for hydroxylation is 1. The number of aromatic nitrogens is 2. The van der Waals surface area contributed by atoms with Crippen LogP contribution in [0.1, 0.15) is 49.1 Å². The molecule has 138 valence electrons. The average molecular weight is 365 g/mol. The Hall–Kier alpha value is -1.85. The molecule has 1 amide bonds. The average Bonchev–Trinajstić information content (AvgIpc) is 2.88. The van der Waals surface area contributed by atoms with E-state index >= 15 is 0 Å². The predicted octanol–water partition coefficient (Wildman–Crippen LogP) is 3.44. The fraction of sp³-hybridized carbons (Fsp3) is 0.474. The third-order valence-corrected chi connectivity index (χ3v) is 4.26. The standard InChI is InChI=1S/C19H28N4O.ClH/c1-15-18(14-21-19(24)12-8-3-4-9-13-20)16(2)23(22-15)17-10-6-5-7-11-17;/h5-7,10-11H,3-4,8-9,12-14,20H2,1-2H3,(H,21,24);1H. The van der Waals surface area contributed by atoms with Gasteiger partial charge in [0.25, 0.3) is 0 Å². The monoisotopic (exact) mass is 364 g/mol. The fourth-order valence-electron chi connectivity index (χ4n) is 2.81. The molecule has 3 N–H and O–H groups in total. The van der Waals surface area contributed by atoms with Crippen LogP contribution in [0.4, 0.5) is 0 Å². The molecule has 25 heavy (non-hydrogen) atoms. The lowest BCUT2D eigenvalue weighted by Crippen LogP contribution is -2.23. The fourth-order valence-corrected chi connectivity index (χ4v) is 2.81. The molecule has 5 nitrogen and oxygen atoms in total. The molecule has 1 heterocycles. The minimum Gasteiger partial charge on any atom is -0.352 e. The van der Waals surface area contributed by atoms with E-state index < -0.39 is 0 Å². The molecule has 1 aromatic carbocycles. The van der Waals surface area contributed by atoms with Crippen LogP contribution in [-0.4, -0.2) is 22.2 Å². The molecule has 0 atom stereocenters. The molecule has 6 heteroatoms. The largest absolute Gasteiger partial charge is 0.352 e. The molecule has 1 aromatic heterocycles. The summed E-state index contributed by atoms with van der Waals surface area (Å²) >= 11 is 0. The second-order valence-electron chi connectivity index (χ2n) is 6.13. The summed E-state index contributed by atoms with van der Waals surface area (Å²) in [6, 6.07) is 10.0. The highest BCUT2D eigenvalue weighted by Gasteiger charge is 2.13. The van der Waals surface area contributed by atoms with Crippen LogP contribution in [-0.2, 0) is 11.3 Å². The van der Waals surface area contributed by atoms with Crippen molar-refractivity contribution in [1.82, 2.24) is 15.1 Å². The predicted molar refractivity (Wildman–Crippen MR) is 104 cm³/mol. The second kappa shape index (κ2) is 10.9. The van der Waals surface area contributed by atoms with Crippen LogP contribution in [0.2, 0.25) is 0 Å². The first-order valence-corrected chi connectivity index (χ1v) is 8.70. The molecule has 2 aromatic rings. The smallest absolute Gasteiger partial charge is 0.220 e. The Bertz CT molecular complexity index is 655. The van der Waals surface area contributed by atoms with E-state index in [1.807, 2.05) is 48.9 Å². The number of rotatable bonds is 9. The van der Waals surface area contributed by atoms with Gasteiger partial charge in [0.1, 0.15) is 0 Å². The summed E-state index contributed by atoms with van der Waals surface area (Å²) in [4.78, 5) is 12.0. The summed E-state index contributed by atoms with van der Waals surface area (Å²) < 4.78 is 1.93. The number of para-hydroxylation sites is 1. The first-order chi connectivity index (χ1) is 11.6. The van der Waals surface area contributed by atoms with Crippen molar-refractivity contribution in [1.29, 1.82) is 0 Å². The number of carbonyl (C=O) groups excluding carboxylic acids is 1. The number of unbranched alkanes of at least 4 members (excludes halogenated alkanes) is 3. The summed E-state index contributed by atoms with van der Waals surface area (Å²) in [5.74, 6) is 0.106. The van der Waals surface area contributed by atoms with Crippen LogP contribution in [0, 0.1) is 13.8 Å². The Balaban J connectivity index is 0.00000312. The molecule has 0 aliphatic carbocycles. The lowest BCUT2D eigenvalue weighted by molar-refractivity contribution is -0.121. The molecule has 2 rings (SSSR count). The van der Waals surface area contributed by atoms with E-state index in [-0.39, 0.29) is 18.3 Å². The van der Waals surface area contributed by atoms with Crippen LogP contribution in [0.25, 0.3) is 5.69 Å². The Kier molecular flexibility index (Phi) is 9.24. The van der Waals surface area contributed by atoms with Crippen molar-refractivity contribution in [3.8, 4) is 5.69 Å². The molecule has 0 fully saturated rings. The van der Waals surface area contributed by atoms with Crippen molar-refractivity contribution in [3.63, 3.8) is 0 Å². The van der Waals surface area contributed by atoms with Crippen LogP contribution >= 0.6 is 12.4 Å². The lowest BCUT2D eigenvalue weighted by atomic mass is 10.1. The highest BCUT2D eigenvalue weighted by molar-refractivity contribution is 5.85. The molecule has 0 saturated carbocycles. The first-order valence-electron chi connectivity index (χ1n) is 8.70. The summed E-state index contributed by atoms with van der Waals surface area (Å²) in [5, 5.41) is 7.63. The molecular formula is C19H29ClN4O. The van der Waals surface area contributed by atoms with Crippen molar-refractivity contribution in [2.24, 2.45) is 5.73 Å². The zero-order chi connectivity index (χ0) is 17.4. The molecule has 0 aliphatic heterocycles. The number of benzene rings is 1. The molecule has 0 saturated heterocycles. The van der Waals surface area contributed by atoms with Crippen LogP contribution < -0.4 is 11.1 Å². The van der Waals surface area contributed by atoms with Crippen molar-refractivity contribution in [2.75, 3.05) is 6.54 Å². The highest BCUT2D eigenvalue weighted by Crippen LogP contribution is 2.17. The van der Waals surface area contributed by atoms with Gasteiger partial charge in [-0.3, -0.25) is 4.79 Å². The summed E-state index contributed by atoms with van der Waals surface area (Å²) in [7, 11) is 0. The number of nitrogens with zero attached hydrogens (tertiary/aromatic N) is 2. The van der Waals surface area contributed by atoms with Crippen molar-refractivity contribution >= 4 is 18.3 Å². The van der Waals surface area contributed by atoms with E-state index in [2.05, 4.69) is 10.4 Å². The normalized spacial score (nSPS) is 10.4. The van der Waals surface area contributed by atoms with E-state index in [9.17, 15) is 4.79 Å². The quantitative estimate of drug-likeness (QED) is 0.669. The van der Waals surface area contributed by atoms with Gasteiger partial charge in [-0.05, 0) is 45.4 Å². The van der Waals surface area contributed by atoms with Gasteiger partial charge in [-0.15, -0.1) is 12.4 Å². The lowest BCUT2D eigenvalue weighted by Gasteiger charge is -2.07. The zero-order valence-corrected chi connectivity index (χ0v) is 15.9. The maximum absolute atomic E-state index is 12.0. The van der Waals surface area contributed by atoms with Crippen LogP contribution in [0.15, 0.2) is 30.3 Å². The van der Waals surface area contributed by atoms with Gasteiger partial charge in [-0.2, -0.15) is 5.10 Å². The van der Waals surface area contributed by atoms with Crippen molar-refractivity contribution < 1.29 is 4.79 Å². The topological polar surface area (TPSA) is 72.9 Å². The number of carbonyl (C=O) groups is 1. The SMILES string of the molecule is Cc1nn(-c2ccccc2)c(C)c1CNC(=O)CCCCCCN.Cl. The minimum absolute atomic E-state index is 0. The summed E-state index contributed by atoms with van der Waals surface area (Å²) in [5.41, 5.74) is 9.63. The van der Waals surface area contributed by atoms with E-state index in [0.717, 1.165) is 54.9 Å². The van der Waals surface area contributed by atoms with E-state index in [4.69, 9.17) is 5.73 Å². The number of nitrogens with one attached hydrogen (secondary N) is 1. The zero-order valence-electron chi connectivity index (χ0n) is 15.1. The van der Waals surface area contributed by atoms with Gasteiger partial charge in [-0.25, -0.2) is 4.68 Å². The third kappa shape index (κ3) is 6.18. The second-order valence-corrected chi connectivity index (χ2v) is 6.13. The number of hydrogen-bond donors (Lipinski definition) is 2. The molecule has 0 radical (unpaired) electrons.